The average molecular weight is 219 g/mol. The van der Waals surface area contributed by atoms with Crippen LogP contribution in [-0.4, -0.2) is 6.61 Å². The van der Waals surface area contributed by atoms with Crippen molar-refractivity contribution in [3.8, 4) is 6.07 Å². The molecule has 1 rings (SSSR count). The maximum Gasteiger partial charge on any atom is 0.124 e. The molecule has 0 aliphatic heterocycles. The van der Waals surface area contributed by atoms with E-state index in [-0.39, 0.29) is 0 Å². The summed E-state index contributed by atoms with van der Waals surface area (Å²) in [4.78, 5) is 0. The topological polar surface area (TPSA) is 33.0 Å². The number of rotatable bonds is 5. The molecule has 0 saturated heterocycles. The molecule has 84 valence electrons. The Bertz CT molecular complexity index is 420. The van der Waals surface area contributed by atoms with Gasteiger partial charge in [-0.05, 0) is 37.1 Å². The van der Waals surface area contributed by atoms with E-state index in [9.17, 15) is 4.39 Å². The SMILES string of the molecule is C=C(C)CCOCc1cc(F)cc(C#N)c1. The van der Waals surface area contributed by atoms with Gasteiger partial charge in [-0.1, -0.05) is 5.57 Å². The summed E-state index contributed by atoms with van der Waals surface area (Å²) in [6.07, 6.45) is 0.792. The lowest BCUT2D eigenvalue weighted by atomic mass is 10.1. The van der Waals surface area contributed by atoms with Crippen LogP contribution in [0.4, 0.5) is 4.39 Å². The summed E-state index contributed by atoms with van der Waals surface area (Å²) in [7, 11) is 0. The normalized spacial score (nSPS) is 9.81. The molecule has 0 spiro atoms. The molecule has 0 radical (unpaired) electrons. The number of nitrogens with zero attached hydrogens (tertiary/aromatic N) is 1. The number of hydrogen-bond donors (Lipinski definition) is 0. The molecular formula is C13H14FNO. The first-order valence-corrected chi connectivity index (χ1v) is 5.03. The molecule has 3 heteroatoms. The van der Waals surface area contributed by atoms with Crippen molar-refractivity contribution in [3.05, 3.63) is 47.3 Å². The van der Waals surface area contributed by atoms with Crippen molar-refractivity contribution in [2.75, 3.05) is 6.61 Å². The van der Waals surface area contributed by atoms with Crippen LogP contribution in [0.3, 0.4) is 0 Å². The van der Waals surface area contributed by atoms with Gasteiger partial charge in [0.05, 0.1) is 24.8 Å². The van der Waals surface area contributed by atoms with Gasteiger partial charge in [0.15, 0.2) is 0 Å². The van der Waals surface area contributed by atoms with Crippen LogP contribution in [0.25, 0.3) is 0 Å². The van der Waals surface area contributed by atoms with Crippen LogP contribution >= 0.6 is 0 Å². The van der Waals surface area contributed by atoms with Crippen molar-refractivity contribution < 1.29 is 9.13 Å². The van der Waals surface area contributed by atoms with Crippen LogP contribution in [0.5, 0.6) is 0 Å². The van der Waals surface area contributed by atoms with Gasteiger partial charge >= 0.3 is 0 Å². The lowest BCUT2D eigenvalue weighted by Gasteiger charge is -2.04. The predicted molar refractivity (Wildman–Crippen MR) is 60.2 cm³/mol. The van der Waals surface area contributed by atoms with Gasteiger partial charge in [0, 0.05) is 0 Å². The van der Waals surface area contributed by atoms with Crippen LogP contribution in [0, 0.1) is 17.1 Å². The zero-order valence-electron chi connectivity index (χ0n) is 9.29. The summed E-state index contributed by atoms with van der Waals surface area (Å²) in [5.41, 5.74) is 2.05. The second-order valence-corrected chi connectivity index (χ2v) is 3.72. The van der Waals surface area contributed by atoms with Crippen molar-refractivity contribution in [3.63, 3.8) is 0 Å². The van der Waals surface area contributed by atoms with Crippen molar-refractivity contribution >= 4 is 0 Å². The molecule has 0 amide bonds. The van der Waals surface area contributed by atoms with Gasteiger partial charge in [-0.3, -0.25) is 0 Å². The minimum absolute atomic E-state index is 0.318. The molecule has 0 heterocycles. The second kappa shape index (κ2) is 6.04. The van der Waals surface area contributed by atoms with Gasteiger partial charge in [-0.15, -0.1) is 6.58 Å². The standard InChI is InChI=1S/C13H14FNO/c1-10(2)3-4-16-9-12-5-11(8-15)6-13(14)7-12/h5-7H,1,3-4,9H2,2H3. The average Bonchev–Trinajstić information content (AvgIpc) is 2.23. The lowest BCUT2D eigenvalue weighted by molar-refractivity contribution is 0.123. The minimum Gasteiger partial charge on any atom is -0.376 e. The Labute approximate surface area is 95.0 Å². The van der Waals surface area contributed by atoms with Gasteiger partial charge in [-0.25, -0.2) is 4.39 Å². The van der Waals surface area contributed by atoms with Gasteiger partial charge < -0.3 is 4.74 Å². The fourth-order valence-electron chi connectivity index (χ4n) is 1.23. The van der Waals surface area contributed by atoms with E-state index < -0.39 is 5.82 Å². The Morgan fingerprint density at radius 1 is 1.50 bits per heavy atom. The zero-order valence-corrected chi connectivity index (χ0v) is 9.29. The first-order chi connectivity index (χ1) is 7.61. The summed E-state index contributed by atoms with van der Waals surface area (Å²) in [5, 5.41) is 8.66. The molecule has 1 aromatic carbocycles. The highest BCUT2D eigenvalue weighted by atomic mass is 19.1. The molecular weight excluding hydrogens is 205 g/mol. The molecule has 0 N–H and O–H groups in total. The molecule has 0 aromatic heterocycles. The van der Waals surface area contributed by atoms with Crippen molar-refractivity contribution in [2.24, 2.45) is 0 Å². The summed E-state index contributed by atoms with van der Waals surface area (Å²) >= 11 is 0. The molecule has 0 saturated carbocycles. The molecule has 0 unspecified atom stereocenters. The molecule has 0 aliphatic carbocycles. The largest absolute Gasteiger partial charge is 0.376 e. The van der Waals surface area contributed by atoms with E-state index >= 15 is 0 Å². The maximum atomic E-state index is 13.0. The number of ether oxygens (including phenoxy) is 1. The van der Waals surface area contributed by atoms with Crippen LogP contribution in [-0.2, 0) is 11.3 Å². The highest BCUT2D eigenvalue weighted by Gasteiger charge is 2.00. The smallest absolute Gasteiger partial charge is 0.124 e. The van der Waals surface area contributed by atoms with Gasteiger partial charge in [0.25, 0.3) is 0 Å². The van der Waals surface area contributed by atoms with Gasteiger partial charge in [0.2, 0.25) is 0 Å². The number of benzene rings is 1. The summed E-state index contributed by atoms with van der Waals surface area (Å²) in [6.45, 7) is 6.57. The summed E-state index contributed by atoms with van der Waals surface area (Å²) in [6, 6.07) is 6.12. The molecule has 0 aliphatic rings. The quantitative estimate of drug-likeness (QED) is 0.563. The molecule has 1 aromatic rings. The molecule has 16 heavy (non-hydrogen) atoms. The molecule has 0 bridgehead atoms. The Balaban J connectivity index is 2.51. The van der Waals surface area contributed by atoms with Crippen molar-refractivity contribution in [1.29, 1.82) is 5.26 Å². The highest BCUT2D eigenvalue weighted by Crippen LogP contribution is 2.10. The van der Waals surface area contributed by atoms with E-state index in [1.54, 1.807) is 6.07 Å². The highest BCUT2D eigenvalue weighted by molar-refractivity contribution is 5.33. The molecule has 0 atom stereocenters. The first kappa shape index (κ1) is 12.4. The third-order valence-electron chi connectivity index (χ3n) is 2.03. The van der Waals surface area contributed by atoms with E-state index in [0.717, 1.165) is 12.0 Å². The third-order valence-corrected chi connectivity index (χ3v) is 2.03. The Morgan fingerprint density at radius 2 is 2.25 bits per heavy atom. The minimum atomic E-state index is -0.405. The predicted octanol–water partition coefficient (Wildman–Crippen LogP) is 3.18. The van der Waals surface area contributed by atoms with Crippen LogP contribution < -0.4 is 0 Å². The van der Waals surface area contributed by atoms with E-state index in [0.29, 0.717) is 24.3 Å². The Morgan fingerprint density at radius 3 is 2.88 bits per heavy atom. The van der Waals surface area contributed by atoms with Crippen LogP contribution in [0.2, 0.25) is 0 Å². The van der Waals surface area contributed by atoms with Gasteiger partial charge in [-0.2, -0.15) is 5.26 Å². The number of halogens is 1. The van der Waals surface area contributed by atoms with E-state index in [4.69, 9.17) is 10.00 Å². The summed E-state index contributed by atoms with van der Waals surface area (Å²) < 4.78 is 18.4. The molecule has 0 fully saturated rings. The van der Waals surface area contributed by atoms with Crippen molar-refractivity contribution in [2.45, 2.75) is 20.0 Å². The Kier molecular flexibility index (Phi) is 4.68. The second-order valence-electron chi connectivity index (χ2n) is 3.72. The van der Waals surface area contributed by atoms with Crippen LogP contribution in [0.15, 0.2) is 30.4 Å². The maximum absolute atomic E-state index is 13.0. The third kappa shape index (κ3) is 4.24. The summed E-state index contributed by atoms with van der Waals surface area (Å²) in [5.74, 6) is -0.405. The zero-order chi connectivity index (χ0) is 12.0. The van der Waals surface area contributed by atoms with Gasteiger partial charge in [0.1, 0.15) is 5.82 Å². The first-order valence-electron chi connectivity index (χ1n) is 5.03. The van der Waals surface area contributed by atoms with Crippen molar-refractivity contribution in [1.82, 2.24) is 0 Å². The van der Waals surface area contributed by atoms with E-state index in [1.807, 2.05) is 13.0 Å². The van der Waals surface area contributed by atoms with Crippen LogP contribution in [0.1, 0.15) is 24.5 Å². The fraction of sp³-hybridized carbons (Fsp3) is 0.308. The monoisotopic (exact) mass is 219 g/mol. The fourth-order valence-corrected chi connectivity index (χ4v) is 1.23. The van der Waals surface area contributed by atoms with E-state index in [1.165, 1.54) is 12.1 Å². The number of nitriles is 1. The molecule has 2 nitrogen and oxygen atoms in total. The van der Waals surface area contributed by atoms with E-state index in [2.05, 4.69) is 6.58 Å². The Hall–Kier alpha value is -1.66. The lowest BCUT2D eigenvalue weighted by Crippen LogP contribution is -1.97. The number of hydrogen-bond acceptors (Lipinski definition) is 2.